The van der Waals surface area contributed by atoms with E-state index in [4.69, 9.17) is 21.7 Å². The molecular formula is C27H26BrClN4O. The Balaban J connectivity index is 1.60. The quantitative estimate of drug-likeness (QED) is 0.260. The van der Waals surface area contributed by atoms with Crippen LogP contribution in [0.15, 0.2) is 62.9 Å². The highest BCUT2D eigenvalue weighted by molar-refractivity contribution is 9.10. The average Bonchev–Trinajstić information content (AvgIpc) is 3.13. The van der Waals surface area contributed by atoms with E-state index in [2.05, 4.69) is 33.5 Å². The van der Waals surface area contributed by atoms with Gasteiger partial charge in [-0.25, -0.2) is 4.98 Å². The SMILES string of the molecule is Cc1cc(C=Nn2c(C3CCCCC3)nc3ccccc3c2=O)c(C)n1-c1ccc(Br)c(Cl)c1. The second kappa shape index (κ2) is 9.51. The number of aromatic nitrogens is 3. The molecule has 2 aromatic carbocycles. The van der Waals surface area contributed by atoms with Crippen LogP contribution in [-0.2, 0) is 0 Å². The summed E-state index contributed by atoms with van der Waals surface area (Å²) in [4.78, 5) is 18.4. The van der Waals surface area contributed by atoms with Gasteiger partial charge in [0.25, 0.3) is 5.56 Å². The molecule has 5 nitrogen and oxygen atoms in total. The van der Waals surface area contributed by atoms with Crippen LogP contribution in [0.2, 0.25) is 5.02 Å². The van der Waals surface area contributed by atoms with Gasteiger partial charge in [0, 0.05) is 33.0 Å². The summed E-state index contributed by atoms with van der Waals surface area (Å²) in [6.45, 7) is 4.10. The standard InChI is InChI=1S/C27H26BrClN4O/c1-17-14-20(18(2)32(17)21-12-13-23(28)24(29)15-21)16-30-33-26(19-8-4-3-5-9-19)31-25-11-7-6-10-22(25)27(33)34/h6-7,10-16,19H,3-5,8-9H2,1-2H3. The summed E-state index contributed by atoms with van der Waals surface area (Å²) < 4.78 is 4.53. The molecule has 0 unspecified atom stereocenters. The van der Waals surface area contributed by atoms with Crippen LogP contribution in [0.25, 0.3) is 16.6 Å². The van der Waals surface area contributed by atoms with E-state index in [0.717, 1.165) is 64.1 Å². The van der Waals surface area contributed by atoms with Gasteiger partial charge in [-0.05, 0) is 79.0 Å². The lowest BCUT2D eigenvalue weighted by Crippen LogP contribution is -2.25. The Morgan fingerprint density at radius 3 is 2.62 bits per heavy atom. The third-order valence-electron chi connectivity index (χ3n) is 6.69. The summed E-state index contributed by atoms with van der Waals surface area (Å²) in [6, 6.07) is 15.5. The van der Waals surface area contributed by atoms with Crippen molar-refractivity contribution in [3.63, 3.8) is 0 Å². The molecule has 0 radical (unpaired) electrons. The number of nitrogens with zero attached hydrogens (tertiary/aromatic N) is 4. The van der Waals surface area contributed by atoms with Gasteiger partial charge < -0.3 is 4.57 Å². The van der Waals surface area contributed by atoms with E-state index in [0.29, 0.717) is 10.4 Å². The Hall–Kier alpha value is -2.70. The molecule has 1 saturated carbocycles. The van der Waals surface area contributed by atoms with Crippen molar-refractivity contribution in [2.75, 3.05) is 0 Å². The van der Waals surface area contributed by atoms with Crippen molar-refractivity contribution < 1.29 is 0 Å². The Kier molecular flexibility index (Phi) is 6.45. The molecule has 2 heterocycles. The zero-order valence-electron chi connectivity index (χ0n) is 19.3. The summed E-state index contributed by atoms with van der Waals surface area (Å²) in [7, 11) is 0. The van der Waals surface area contributed by atoms with E-state index in [1.807, 2.05) is 49.4 Å². The van der Waals surface area contributed by atoms with Gasteiger partial charge >= 0.3 is 0 Å². The monoisotopic (exact) mass is 536 g/mol. The lowest BCUT2D eigenvalue weighted by molar-refractivity contribution is 0.416. The van der Waals surface area contributed by atoms with Crippen molar-refractivity contribution in [1.82, 2.24) is 14.2 Å². The molecule has 0 spiro atoms. The first-order valence-electron chi connectivity index (χ1n) is 11.6. The summed E-state index contributed by atoms with van der Waals surface area (Å²) >= 11 is 9.80. The van der Waals surface area contributed by atoms with E-state index in [1.165, 1.54) is 11.1 Å². The molecule has 0 N–H and O–H groups in total. The maximum Gasteiger partial charge on any atom is 0.282 e. The summed E-state index contributed by atoms with van der Waals surface area (Å²) in [5, 5.41) is 5.96. The number of rotatable bonds is 4. The maximum absolute atomic E-state index is 13.4. The van der Waals surface area contributed by atoms with Crippen LogP contribution in [0.4, 0.5) is 0 Å². The summed E-state index contributed by atoms with van der Waals surface area (Å²) in [5.74, 6) is 1.02. The minimum Gasteiger partial charge on any atom is -0.318 e. The predicted molar refractivity (Wildman–Crippen MR) is 143 cm³/mol. The van der Waals surface area contributed by atoms with E-state index in [9.17, 15) is 4.79 Å². The Bertz CT molecular complexity index is 1460. The number of benzene rings is 2. The molecule has 0 aliphatic heterocycles. The van der Waals surface area contributed by atoms with Crippen molar-refractivity contribution >= 4 is 44.6 Å². The van der Waals surface area contributed by atoms with E-state index >= 15 is 0 Å². The molecule has 0 bridgehead atoms. The molecule has 1 aliphatic carbocycles. The number of hydrogen-bond donors (Lipinski definition) is 0. The van der Waals surface area contributed by atoms with E-state index < -0.39 is 0 Å². The normalized spacial score (nSPS) is 14.9. The van der Waals surface area contributed by atoms with Crippen LogP contribution in [-0.4, -0.2) is 20.4 Å². The molecule has 2 aromatic heterocycles. The van der Waals surface area contributed by atoms with Crippen LogP contribution < -0.4 is 5.56 Å². The highest BCUT2D eigenvalue weighted by Gasteiger charge is 2.22. The summed E-state index contributed by atoms with van der Waals surface area (Å²) in [5.41, 5.74) is 4.65. The Morgan fingerprint density at radius 2 is 1.85 bits per heavy atom. The number of para-hydroxylation sites is 1. The highest BCUT2D eigenvalue weighted by Crippen LogP contribution is 2.32. The Labute approximate surface area is 212 Å². The highest BCUT2D eigenvalue weighted by atomic mass is 79.9. The van der Waals surface area contributed by atoms with Crippen molar-refractivity contribution in [3.05, 3.63) is 91.2 Å². The second-order valence-electron chi connectivity index (χ2n) is 8.94. The third-order valence-corrected chi connectivity index (χ3v) is 7.93. The number of fused-ring (bicyclic) bond motifs is 1. The number of aryl methyl sites for hydroxylation is 1. The molecule has 1 aliphatic rings. The molecule has 0 saturated heterocycles. The van der Waals surface area contributed by atoms with Crippen molar-refractivity contribution in [2.24, 2.45) is 5.10 Å². The molecular weight excluding hydrogens is 512 g/mol. The van der Waals surface area contributed by atoms with E-state index in [-0.39, 0.29) is 11.5 Å². The third kappa shape index (κ3) is 4.25. The molecule has 0 atom stereocenters. The van der Waals surface area contributed by atoms with Gasteiger partial charge in [-0.2, -0.15) is 9.78 Å². The van der Waals surface area contributed by atoms with Gasteiger partial charge in [-0.1, -0.05) is 43.0 Å². The van der Waals surface area contributed by atoms with Crippen LogP contribution in [0, 0.1) is 13.8 Å². The van der Waals surface area contributed by atoms with Crippen LogP contribution in [0.3, 0.4) is 0 Å². The van der Waals surface area contributed by atoms with Crippen LogP contribution in [0.1, 0.15) is 60.8 Å². The topological polar surface area (TPSA) is 52.2 Å². The minimum absolute atomic E-state index is 0.115. The van der Waals surface area contributed by atoms with Gasteiger partial charge in [0.05, 0.1) is 22.1 Å². The molecule has 1 fully saturated rings. The average molecular weight is 538 g/mol. The van der Waals surface area contributed by atoms with Gasteiger partial charge in [-0.15, -0.1) is 0 Å². The van der Waals surface area contributed by atoms with Gasteiger partial charge in [-0.3, -0.25) is 4.79 Å². The smallest absolute Gasteiger partial charge is 0.282 e. The lowest BCUT2D eigenvalue weighted by atomic mass is 9.88. The van der Waals surface area contributed by atoms with Crippen LogP contribution >= 0.6 is 27.5 Å². The first-order valence-corrected chi connectivity index (χ1v) is 12.8. The predicted octanol–water partition coefficient (Wildman–Crippen LogP) is 7.15. The molecule has 5 rings (SSSR count). The van der Waals surface area contributed by atoms with Crippen molar-refractivity contribution in [3.8, 4) is 5.69 Å². The lowest BCUT2D eigenvalue weighted by Gasteiger charge is -2.22. The fraction of sp³-hybridized carbons (Fsp3) is 0.296. The largest absolute Gasteiger partial charge is 0.318 e. The maximum atomic E-state index is 13.4. The fourth-order valence-corrected chi connectivity index (χ4v) is 5.36. The first kappa shape index (κ1) is 23.1. The Morgan fingerprint density at radius 1 is 1.09 bits per heavy atom. The van der Waals surface area contributed by atoms with Gasteiger partial charge in [0.1, 0.15) is 5.82 Å². The van der Waals surface area contributed by atoms with Crippen LogP contribution in [0.5, 0.6) is 0 Å². The van der Waals surface area contributed by atoms with Gasteiger partial charge in [0.15, 0.2) is 0 Å². The second-order valence-corrected chi connectivity index (χ2v) is 10.2. The molecule has 174 valence electrons. The molecule has 4 aromatic rings. The first-order chi connectivity index (χ1) is 16.4. The zero-order chi connectivity index (χ0) is 23.8. The van der Waals surface area contributed by atoms with Crippen molar-refractivity contribution in [2.45, 2.75) is 51.9 Å². The van der Waals surface area contributed by atoms with Crippen molar-refractivity contribution in [1.29, 1.82) is 0 Å². The van der Waals surface area contributed by atoms with Gasteiger partial charge in [0.2, 0.25) is 0 Å². The fourth-order valence-electron chi connectivity index (χ4n) is 4.94. The van der Waals surface area contributed by atoms with E-state index in [1.54, 1.807) is 6.21 Å². The molecule has 0 amide bonds. The molecule has 34 heavy (non-hydrogen) atoms. The molecule has 7 heteroatoms. The summed E-state index contributed by atoms with van der Waals surface area (Å²) in [6.07, 6.45) is 7.42. The number of hydrogen-bond acceptors (Lipinski definition) is 3. The zero-order valence-corrected chi connectivity index (χ0v) is 21.6. The minimum atomic E-state index is -0.115. The number of halogens is 2.